The predicted molar refractivity (Wildman–Crippen MR) is 80.2 cm³/mol. The van der Waals surface area contributed by atoms with Crippen molar-refractivity contribution in [3.8, 4) is 0 Å². The van der Waals surface area contributed by atoms with E-state index in [1.807, 2.05) is 18.5 Å². The lowest BCUT2D eigenvalue weighted by molar-refractivity contribution is 1.08. The van der Waals surface area contributed by atoms with Crippen molar-refractivity contribution < 1.29 is 0 Å². The zero-order chi connectivity index (χ0) is 12.3. The fraction of sp³-hybridized carbons (Fsp3) is 0.214. The van der Waals surface area contributed by atoms with Crippen LogP contribution >= 0.6 is 22.6 Å². The highest BCUT2D eigenvalue weighted by molar-refractivity contribution is 14.1. The largest absolute Gasteiger partial charge is 0.381 e. The number of aryl methyl sites for hydroxylation is 2. The van der Waals surface area contributed by atoms with E-state index in [0.29, 0.717) is 0 Å². The summed E-state index contributed by atoms with van der Waals surface area (Å²) in [7, 11) is 0. The lowest BCUT2D eigenvalue weighted by atomic mass is 10.1. The third kappa shape index (κ3) is 3.19. The monoisotopic (exact) mass is 338 g/mol. The maximum absolute atomic E-state index is 4.15. The molecule has 2 rings (SSSR count). The molecule has 0 radical (unpaired) electrons. The van der Waals surface area contributed by atoms with Crippen LogP contribution < -0.4 is 5.32 Å². The first kappa shape index (κ1) is 12.4. The number of benzene rings is 1. The molecule has 0 aliphatic rings. The van der Waals surface area contributed by atoms with Crippen LogP contribution in [0.15, 0.2) is 36.7 Å². The minimum Gasteiger partial charge on any atom is -0.381 e. The Balaban J connectivity index is 2.10. The van der Waals surface area contributed by atoms with E-state index in [1.54, 1.807) is 0 Å². The Morgan fingerprint density at radius 3 is 2.71 bits per heavy atom. The van der Waals surface area contributed by atoms with E-state index in [9.17, 15) is 0 Å². The molecule has 1 heterocycles. The Kier molecular flexibility index (Phi) is 3.99. The first-order valence-electron chi connectivity index (χ1n) is 5.56. The fourth-order valence-electron chi connectivity index (χ4n) is 1.70. The summed E-state index contributed by atoms with van der Waals surface area (Å²) < 4.78 is 1.27. The topological polar surface area (TPSA) is 24.9 Å². The SMILES string of the molecule is Cc1ccncc1CNc1ccc(I)cc1C. The van der Waals surface area contributed by atoms with Gasteiger partial charge in [0.15, 0.2) is 0 Å². The number of aromatic nitrogens is 1. The molecule has 0 spiro atoms. The summed E-state index contributed by atoms with van der Waals surface area (Å²) in [6, 6.07) is 8.46. The van der Waals surface area contributed by atoms with Crippen molar-refractivity contribution in [2.24, 2.45) is 0 Å². The highest BCUT2D eigenvalue weighted by atomic mass is 127. The molecule has 1 aromatic carbocycles. The molecular formula is C14H15IN2. The third-order valence-electron chi connectivity index (χ3n) is 2.81. The van der Waals surface area contributed by atoms with E-state index >= 15 is 0 Å². The minimum absolute atomic E-state index is 0.821. The van der Waals surface area contributed by atoms with Crippen LogP contribution in [0.25, 0.3) is 0 Å². The van der Waals surface area contributed by atoms with E-state index in [1.165, 1.54) is 25.9 Å². The quantitative estimate of drug-likeness (QED) is 0.859. The van der Waals surface area contributed by atoms with Gasteiger partial charge < -0.3 is 5.32 Å². The van der Waals surface area contributed by atoms with Gasteiger partial charge in [-0.1, -0.05) is 0 Å². The van der Waals surface area contributed by atoms with Crippen molar-refractivity contribution in [2.45, 2.75) is 20.4 Å². The van der Waals surface area contributed by atoms with Crippen molar-refractivity contribution in [3.05, 3.63) is 56.9 Å². The molecule has 0 amide bonds. The number of rotatable bonds is 3. The van der Waals surface area contributed by atoms with Crippen LogP contribution in [0.1, 0.15) is 16.7 Å². The first-order valence-corrected chi connectivity index (χ1v) is 6.64. The highest BCUT2D eigenvalue weighted by Gasteiger charge is 2.00. The molecule has 0 fully saturated rings. The second-order valence-corrected chi connectivity index (χ2v) is 5.36. The second-order valence-electron chi connectivity index (χ2n) is 4.11. The second kappa shape index (κ2) is 5.49. The summed E-state index contributed by atoms with van der Waals surface area (Å²) >= 11 is 2.33. The lowest BCUT2D eigenvalue weighted by Crippen LogP contribution is -2.03. The van der Waals surface area contributed by atoms with Crippen LogP contribution in [0.3, 0.4) is 0 Å². The predicted octanol–water partition coefficient (Wildman–Crippen LogP) is 3.92. The smallest absolute Gasteiger partial charge is 0.0418 e. The van der Waals surface area contributed by atoms with Crippen LogP contribution in [0.4, 0.5) is 5.69 Å². The minimum atomic E-state index is 0.821. The fourth-order valence-corrected chi connectivity index (χ4v) is 2.34. The van der Waals surface area contributed by atoms with E-state index in [4.69, 9.17) is 0 Å². The summed E-state index contributed by atoms with van der Waals surface area (Å²) in [5.41, 5.74) is 4.98. The van der Waals surface area contributed by atoms with Crippen LogP contribution in [-0.2, 0) is 6.54 Å². The summed E-state index contributed by atoms with van der Waals surface area (Å²) in [4.78, 5) is 4.15. The lowest BCUT2D eigenvalue weighted by Gasteiger charge is -2.11. The van der Waals surface area contributed by atoms with Crippen molar-refractivity contribution in [3.63, 3.8) is 0 Å². The van der Waals surface area contributed by atoms with Crippen LogP contribution in [0, 0.1) is 17.4 Å². The van der Waals surface area contributed by atoms with Crippen LogP contribution in [0.5, 0.6) is 0 Å². The Bertz CT molecular complexity index is 523. The number of halogens is 1. The molecule has 17 heavy (non-hydrogen) atoms. The number of anilines is 1. The van der Waals surface area contributed by atoms with Gasteiger partial charge in [-0.15, -0.1) is 0 Å². The van der Waals surface area contributed by atoms with Gasteiger partial charge in [0, 0.05) is 28.2 Å². The number of nitrogens with zero attached hydrogens (tertiary/aromatic N) is 1. The molecular weight excluding hydrogens is 323 g/mol. The Morgan fingerprint density at radius 2 is 2.00 bits per heavy atom. The third-order valence-corrected chi connectivity index (χ3v) is 3.48. The molecule has 1 aromatic heterocycles. The van der Waals surface area contributed by atoms with Crippen molar-refractivity contribution in [2.75, 3.05) is 5.32 Å². The van der Waals surface area contributed by atoms with Gasteiger partial charge >= 0.3 is 0 Å². The molecule has 0 saturated carbocycles. The average molecular weight is 338 g/mol. The van der Waals surface area contributed by atoms with Crippen molar-refractivity contribution in [1.29, 1.82) is 0 Å². The molecule has 0 aliphatic heterocycles. The summed E-state index contributed by atoms with van der Waals surface area (Å²) in [5, 5.41) is 3.45. The van der Waals surface area contributed by atoms with E-state index < -0.39 is 0 Å². The molecule has 2 aromatic rings. The normalized spacial score (nSPS) is 10.3. The molecule has 3 heteroatoms. The maximum atomic E-state index is 4.15. The molecule has 0 unspecified atom stereocenters. The van der Waals surface area contributed by atoms with E-state index in [0.717, 1.165) is 6.54 Å². The molecule has 0 bridgehead atoms. The van der Waals surface area contributed by atoms with Gasteiger partial charge in [-0.25, -0.2) is 0 Å². The number of pyridine rings is 1. The van der Waals surface area contributed by atoms with E-state index in [2.05, 4.69) is 64.9 Å². The molecule has 1 N–H and O–H groups in total. The standard InChI is InChI=1S/C14H15IN2/c1-10-5-6-16-8-12(10)9-17-14-4-3-13(15)7-11(14)2/h3-8,17H,9H2,1-2H3. The first-order chi connectivity index (χ1) is 8.16. The molecule has 0 aliphatic carbocycles. The number of hydrogen-bond acceptors (Lipinski definition) is 2. The van der Waals surface area contributed by atoms with Crippen molar-refractivity contribution >= 4 is 28.3 Å². The maximum Gasteiger partial charge on any atom is 0.0418 e. The Hall–Kier alpha value is -1.10. The van der Waals surface area contributed by atoms with Gasteiger partial charge in [0.25, 0.3) is 0 Å². The summed E-state index contributed by atoms with van der Waals surface area (Å²) in [6.45, 7) is 5.06. The van der Waals surface area contributed by atoms with Crippen LogP contribution in [0.2, 0.25) is 0 Å². The zero-order valence-corrected chi connectivity index (χ0v) is 12.2. The van der Waals surface area contributed by atoms with Crippen molar-refractivity contribution in [1.82, 2.24) is 4.98 Å². The molecule has 88 valence electrons. The zero-order valence-electron chi connectivity index (χ0n) is 10.00. The Morgan fingerprint density at radius 1 is 1.18 bits per heavy atom. The summed E-state index contributed by atoms with van der Waals surface area (Å²) in [6.07, 6.45) is 3.75. The molecule has 0 saturated heterocycles. The Labute approximate surface area is 116 Å². The van der Waals surface area contributed by atoms with Gasteiger partial charge in [-0.3, -0.25) is 4.98 Å². The van der Waals surface area contributed by atoms with Gasteiger partial charge in [0.05, 0.1) is 0 Å². The van der Waals surface area contributed by atoms with Gasteiger partial charge in [-0.2, -0.15) is 0 Å². The molecule has 0 atom stereocenters. The van der Waals surface area contributed by atoms with Gasteiger partial charge in [0.1, 0.15) is 0 Å². The number of hydrogen-bond donors (Lipinski definition) is 1. The summed E-state index contributed by atoms with van der Waals surface area (Å²) in [5.74, 6) is 0. The highest BCUT2D eigenvalue weighted by Crippen LogP contribution is 2.18. The van der Waals surface area contributed by atoms with Crippen LogP contribution in [-0.4, -0.2) is 4.98 Å². The molecule has 2 nitrogen and oxygen atoms in total. The van der Waals surface area contributed by atoms with Gasteiger partial charge in [0.2, 0.25) is 0 Å². The average Bonchev–Trinajstić information content (AvgIpc) is 2.30. The van der Waals surface area contributed by atoms with E-state index in [-0.39, 0.29) is 0 Å². The number of nitrogens with one attached hydrogen (secondary N) is 1. The van der Waals surface area contributed by atoms with Gasteiger partial charge in [-0.05, 0) is 77.4 Å².